The average molecular weight is 350 g/mol. The lowest BCUT2D eigenvalue weighted by Crippen LogP contribution is -2.36. The molecule has 3 rings (SSSR count). The number of thiophene rings is 2. The van der Waals surface area contributed by atoms with Crippen LogP contribution >= 0.6 is 22.7 Å². The van der Waals surface area contributed by atoms with Gasteiger partial charge in [0.1, 0.15) is 0 Å². The molecule has 0 aromatic carbocycles. The molecular weight excluding hydrogens is 326 g/mol. The maximum Gasteiger partial charge on any atom is 0.264 e. The lowest BCUT2D eigenvalue weighted by Gasteiger charge is -2.24. The number of hydrogen-bond donors (Lipinski definition) is 0. The molecule has 0 spiro atoms. The Labute approximate surface area is 145 Å². The monoisotopic (exact) mass is 349 g/mol. The number of rotatable bonds is 6. The summed E-state index contributed by atoms with van der Waals surface area (Å²) in [6.45, 7) is 6.43. The van der Waals surface area contributed by atoms with E-state index in [-0.39, 0.29) is 12.0 Å². The molecular formula is C18H23NO2S2. The van der Waals surface area contributed by atoms with E-state index < -0.39 is 0 Å². The largest absolute Gasteiger partial charge is 0.376 e. The molecule has 0 bridgehead atoms. The standard InChI is InChI=1S/C18H23NO2S2/c1-3-14-10-17(23-13(14)2)18(20)19(11-15-6-4-8-21-15)12-16-7-5-9-22-16/h5,7,9-10,15H,3-4,6,8,11-12H2,1-2H3. The zero-order valence-corrected chi connectivity index (χ0v) is 15.3. The van der Waals surface area contributed by atoms with Crippen LogP contribution in [-0.4, -0.2) is 30.1 Å². The number of nitrogens with zero attached hydrogens (tertiary/aromatic N) is 1. The molecule has 1 amide bonds. The Morgan fingerprint density at radius 3 is 2.96 bits per heavy atom. The molecule has 3 heterocycles. The molecule has 1 aliphatic heterocycles. The fraction of sp³-hybridized carbons (Fsp3) is 0.500. The second-order valence-electron chi connectivity index (χ2n) is 5.95. The van der Waals surface area contributed by atoms with E-state index in [2.05, 4.69) is 31.4 Å². The molecule has 1 saturated heterocycles. The quantitative estimate of drug-likeness (QED) is 0.768. The highest BCUT2D eigenvalue weighted by Crippen LogP contribution is 2.25. The molecule has 0 radical (unpaired) electrons. The molecule has 23 heavy (non-hydrogen) atoms. The minimum Gasteiger partial charge on any atom is -0.376 e. The van der Waals surface area contributed by atoms with Gasteiger partial charge in [-0.05, 0) is 49.3 Å². The highest BCUT2D eigenvalue weighted by Gasteiger charge is 2.25. The van der Waals surface area contributed by atoms with Gasteiger partial charge in [0.2, 0.25) is 0 Å². The van der Waals surface area contributed by atoms with Gasteiger partial charge < -0.3 is 9.64 Å². The summed E-state index contributed by atoms with van der Waals surface area (Å²) in [5.41, 5.74) is 1.28. The molecule has 1 atom stereocenters. The minimum absolute atomic E-state index is 0.140. The maximum absolute atomic E-state index is 13.0. The van der Waals surface area contributed by atoms with Crippen molar-refractivity contribution in [3.63, 3.8) is 0 Å². The Morgan fingerprint density at radius 1 is 1.48 bits per heavy atom. The van der Waals surface area contributed by atoms with Gasteiger partial charge in [-0.3, -0.25) is 4.79 Å². The van der Waals surface area contributed by atoms with Crippen LogP contribution in [0.4, 0.5) is 0 Å². The van der Waals surface area contributed by atoms with Crippen LogP contribution in [-0.2, 0) is 17.7 Å². The zero-order chi connectivity index (χ0) is 16.2. The molecule has 1 unspecified atom stereocenters. The van der Waals surface area contributed by atoms with Crippen molar-refractivity contribution in [1.29, 1.82) is 0 Å². The third-order valence-corrected chi connectivity index (χ3v) is 6.22. The predicted octanol–water partition coefficient (Wildman–Crippen LogP) is 4.50. The zero-order valence-electron chi connectivity index (χ0n) is 13.7. The van der Waals surface area contributed by atoms with Crippen molar-refractivity contribution in [2.24, 2.45) is 0 Å². The van der Waals surface area contributed by atoms with E-state index in [1.54, 1.807) is 22.7 Å². The van der Waals surface area contributed by atoms with Gasteiger partial charge in [-0.25, -0.2) is 0 Å². The molecule has 2 aromatic heterocycles. The second-order valence-corrected chi connectivity index (χ2v) is 8.23. The number of aryl methyl sites for hydroxylation is 2. The van der Waals surface area contributed by atoms with Crippen LogP contribution in [0.15, 0.2) is 23.6 Å². The first-order chi connectivity index (χ1) is 11.2. The molecule has 124 valence electrons. The lowest BCUT2D eigenvalue weighted by atomic mass is 10.2. The van der Waals surface area contributed by atoms with Crippen molar-refractivity contribution in [1.82, 2.24) is 4.90 Å². The summed E-state index contributed by atoms with van der Waals surface area (Å²) in [5, 5.41) is 2.06. The van der Waals surface area contributed by atoms with E-state index >= 15 is 0 Å². The van der Waals surface area contributed by atoms with Crippen LogP contribution in [0.5, 0.6) is 0 Å². The van der Waals surface area contributed by atoms with Crippen molar-refractivity contribution in [2.45, 2.75) is 45.8 Å². The Balaban J connectivity index is 1.78. The van der Waals surface area contributed by atoms with Crippen molar-refractivity contribution < 1.29 is 9.53 Å². The SMILES string of the molecule is CCc1cc(C(=O)N(Cc2cccs2)CC2CCCO2)sc1C. The van der Waals surface area contributed by atoms with Crippen LogP contribution in [0.3, 0.4) is 0 Å². The fourth-order valence-corrected chi connectivity index (χ4v) is 4.78. The Bertz CT molecular complexity index is 642. The summed E-state index contributed by atoms with van der Waals surface area (Å²) >= 11 is 3.32. The summed E-state index contributed by atoms with van der Waals surface area (Å²) in [5.74, 6) is 0.140. The van der Waals surface area contributed by atoms with Gasteiger partial charge in [0.25, 0.3) is 5.91 Å². The Hall–Kier alpha value is -1.17. The normalized spacial score (nSPS) is 17.6. The van der Waals surface area contributed by atoms with Crippen LogP contribution < -0.4 is 0 Å². The smallest absolute Gasteiger partial charge is 0.264 e. The summed E-state index contributed by atoms with van der Waals surface area (Å²) in [6, 6.07) is 6.20. The van der Waals surface area contributed by atoms with Crippen LogP contribution in [0.25, 0.3) is 0 Å². The molecule has 1 fully saturated rings. The van der Waals surface area contributed by atoms with E-state index in [0.29, 0.717) is 13.1 Å². The first-order valence-corrected chi connectivity index (χ1v) is 9.89. The number of carbonyl (C=O) groups excluding carboxylic acids is 1. The predicted molar refractivity (Wildman–Crippen MR) is 96.5 cm³/mol. The molecule has 2 aromatic rings. The first-order valence-electron chi connectivity index (χ1n) is 8.20. The third-order valence-electron chi connectivity index (χ3n) is 4.27. The average Bonchev–Trinajstić information content (AvgIpc) is 3.27. The number of amides is 1. The van der Waals surface area contributed by atoms with E-state index in [1.165, 1.54) is 15.3 Å². The highest BCUT2D eigenvalue weighted by molar-refractivity contribution is 7.14. The minimum atomic E-state index is 0.140. The van der Waals surface area contributed by atoms with Crippen molar-refractivity contribution in [3.8, 4) is 0 Å². The molecule has 0 aliphatic carbocycles. The Morgan fingerprint density at radius 2 is 2.35 bits per heavy atom. The van der Waals surface area contributed by atoms with Crippen LogP contribution in [0.2, 0.25) is 0 Å². The van der Waals surface area contributed by atoms with Crippen LogP contribution in [0, 0.1) is 6.92 Å². The maximum atomic E-state index is 13.0. The molecule has 5 heteroatoms. The van der Waals surface area contributed by atoms with Gasteiger partial charge in [0, 0.05) is 22.9 Å². The van der Waals surface area contributed by atoms with Gasteiger partial charge in [-0.2, -0.15) is 0 Å². The highest BCUT2D eigenvalue weighted by atomic mass is 32.1. The van der Waals surface area contributed by atoms with E-state index in [0.717, 1.165) is 30.7 Å². The van der Waals surface area contributed by atoms with Gasteiger partial charge in [0.15, 0.2) is 0 Å². The van der Waals surface area contributed by atoms with E-state index in [4.69, 9.17) is 4.74 Å². The molecule has 0 N–H and O–H groups in total. The first kappa shape index (κ1) is 16.7. The number of ether oxygens (including phenoxy) is 1. The van der Waals surface area contributed by atoms with Crippen molar-refractivity contribution in [3.05, 3.63) is 43.8 Å². The van der Waals surface area contributed by atoms with Crippen molar-refractivity contribution in [2.75, 3.05) is 13.2 Å². The molecule has 3 nitrogen and oxygen atoms in total. The second kappa shape index (κ2) is 7.60. The van der Waals surface area contributed by atoms with Gasteiger partial charge >= 0.3 is 0 Å². The molecule has 0 saturated carbocycles. The molecule has 1 aliphatic rings. The third kappa shape index (κ3) is 4.03. The van der Waals surface area contributed by atoms with Crippen molar-refractivity contribution >= 4 is 28.6 Å². The van der Waals surface area contributed by atoms with Gasteiger partial charge in [-0.1, -0.05) is 13.0 Å². The summed E-state index contributed by atoms with van der Waals surface area (Å²) in [7, 11) is 0. The lowest BCUT2D eigenvalue weighted by molar-refractivity contribution is 0.0513. The topological polar surface area (TPSA) is 29.5 Å². The number of hydrogen-bond acceptors (Lipinski definition) is 4. The van der Waals surface area contributed by atoms with Gasteiger partial charge in [0.05, 0.1) is 17.5 Å². The fourth-order valence-electron chi connectivity index (χ4n) is 2.98. The van der Waals surface area contributed by atoms with E-state index in [1.807, 2.05) is 11.0 Å². The summed E-state index contributed by atoms with van der Waals surface area (Å²) in [6.07, 6.45) is 3.32. The summed E-state index contributed by atoms with van der Waals surface area (Å²) in [4.78, 5) is 18.3. The Kier molecular flexibility index (Phi) is 5.51. The van der Waals surface area contributed by atoms with Gasteiger partial charge in [-0.15, -0.1) is 22.7 Å². The van der Waals surface area contributed by atoms with E-state index in [9.17, 15) is 4.79 Å². The van der Waals surface area contributed by atoms with Crippen LogP contribution in [0.1, 0.15) is 44.8 Å². The number of carbonyl (C=O) groups is 1. The summed E-state index contributed by atoms with van der Waals surface area (Å²) < 4.78 is 5.75.